The maximum absolute atomic E-state index is 11.7. The average molecular weight is 267 g/mol. The maximum Gasteiger partial charge on any atom is 0.410 e. The minimum atomic E-state index is -0.437. The van der Waals surface area contributed by atoms with Crippen LogP contribution in [-0.2, 0) is 11.3 Å². The Hall–Kier alpha value is -1.56. The van der Waals surface area contributed by atoms with E-state index in [0.29, 0.717) is 25.7 Å². The van der Waals surface area contributed by atoms with Crippen LogP contribution >= 0.6 is 0 Å². The zero-order valence-electron chi connectivity index (χ0n) is 11.9. The van der Waals surface area contributed by atoms with Crippen LogP contribution in [0.5, 0.6) is 0 Å². The molecule has 1 saturated heterocycles. The fourth-order valence-electron chi connectivity index (χ4n) is 1.83. The predicted molar refractivity (Wildman–Crippen MR) is 69.7 cm³/mol. The Bertz CT molecular complexity index is 444. The molecule has 0 spiro atoms. The molecule has 1 aromatic heterocycles. The van der Waals surface area contributed by atoms with Crippen molar-refractivity contribution in [2.24, 2.45) is 0 Å². The number of hydrogen-bond acceptors (Lipinski definition) is 5. The Balaban J connectivity index is 1.67. The Morgan fingerprint density at radius 1 is 1.58 bits per heavy atom. The second-order valence-electron chi connectivity index (χ2n) is 5.89. The summed E-state index contributed by atoms with van der Waals surface area (Å²) < 4.78 is 10.3. The molecular weight excluding hydrogens is 246 g/mol. The number of rotatable bonds is 3. The van der Waals surface area contributed by atoms with E-state index in [4.69, 9.17) is 9.26 Å². The van der Waals surface area contributed by atoms with Gasteiger partial charge in [-0.3, -0.25) is 0 Å². The molecule has 0 aromatic carbocycles. The summed E-state index contributed by atoms with van der Waals surface area (Å²) in [4.78, 5) is 13.4. The fraction of sp³-hybridized carbons (Fsp3) is 0.692. The van der Waals surface area contributed by atoms with Crippen molar-refractivity contribution < 1.29 is 14.1 Å². The normalized spacial score (nSPS) is 16.3. The van der Waals surface area contributed by atoms with E-state index in [0.717, 1.165) is 11.5 Å². The number of amides is 1. The van der Waals surface area contributed by atoms with Crippen LogP contribution in [0.15, 0.2) is 10.6 Å². The minimum Gasteiger partial charge on any atom is -0.444 e. The number of aromatic nitrogens is 1. The molecule has 0 bridgehead atoms. The van der Waals surface area contributed by atoms with E-state index >= 15 is 0 Å². The predicted octanol–water partition coefficient (Wildman–Crippen LogP) is 1.69. The lowest BCUT2D eigenvalue weighted by atomic mass is 10.1. The van der Waals surface area contributed by atoms with E-state index in [9.17, 15) is 4.79 Å². The van der Waals surface area contributed by atoms with Crippen molar-refractivity contribution in [1.82, 2.24) is 15.4 Å². The summed E-state index contributed by atoms with van der Waals surface area (Å²) in [5.41, 5.74) is 0.446. The Labute approximate surface area is 113 Å². The van der Waals surface area contributed by atoms with Crippen LogP contribution < -0.4 is 5.32 Å². The molecule has 2 heterocycles. The fourth-order valence-corrected chi connectivity index (χ4v) is 1.83. The summed E-state index contributed by atoms with van der Waals surface area (Å²) in [6.45, 7) is 9.47. The Morgan fingerprint density at radius 2 is 2.26 bits per heavy atom. The van der Waals surface area contributed by atoms with Gasteiger partial charge in [-0.1, -0.05) is 5.16 Å². The van der Waals surface area contributed by atoms with Crippen LogP contribution in [0.25, 0.3) is 0 Å². The summed E-state index contributed by atoms with van der Waals surface area (Å²) >= 11 is 0. The first kappa shape index (κ1) is 13.9. The van der Waals surface area contributed by atoms with Gasteiger partial charge in [0.2, 0.25) is 0 Å². The number of carbonyl (C=O) groups excluding carboxylic acids is 1. The SMILES string of the molecule is Cc1cc(CNC2CN(C(=O)OC(C)(C)C)C2)no1. The average Bonchev–Trinajstić information content (AvgIpc) is 2.59. The number of aryl methyl sites for hydroxylation is 1. The molecule has 1 N–H and O–H groups in total. The number of ether oxygens (including phenoxy) is 1. The van der Waals surface area contributed by atoms with Gasteiger partial charge in [0.1, 0.15) is 11.4 Å². The van der Waals surface area contributed by atoms with Gasteiger partial charge in [0.05, 0.1) is 5.69 Å². The number of likely N-dealkylation sites (tertiary alicyclic amines) is 1. The standard InChI is InChI=1S/C13H21N3O3/c1-9-5-10(15-19-9)6-14-11-7-16(8-11)12(17)18-13(2,3)4/h5,11,14H,6-8H2,1-4H3. The van der Waals surface area contributed by atoms with Crippen molar-refractivity contribution in [2.75, 3.05) is 13.1 Å². The molecule has 0 atom stereocenters. The molecule has 2 rings (SSSR count). The maximum atomic E-state index is 11.7. The van der Waals surface area contributed by atoms with E-state index < -0.39 is 5.60 Å². The molecule has 1 aliphatic heterocycles. The van der Waals surface area contributed by atoms with Crippen LogP contribution in [0.2, 0.25) is 0 Å². The first-order chi connectivity index (χ1) is 8.83. The summed E-state index contributed by atoms with van der Waals surface area (Å²) in [5.74, 6) is 0.806. The van der Waals surface area contributed by atoms with Gasteiger partial charge in [-0.15, -0.1) is 0 Å². The van der Waals surface area contributed by atoms with Gasteiger partial charge in [0.15, 0.2) is 0 Å². The third kappa shape index (κ3) is 3.96. The topological polar surface area (TPSA) is 67.6 Å². The van der Waals surface area contributed by atoms with Gasteiger partial charge in [-0.05, 0) is 27.7 Å². The lowest BCUT2D eigenvalue weighted by Gasteiger charge is -2.40. The molecule has 1 aliphatic rings. The van der Waals surface area contributed by atoms with Crippen LogP contribution in [0.3, 0.4) is 0 Å². The third-order valence-electron chi connectivity index (χ3n) is 2.78. The summed E-state index contributed by atoms with van der Waals surface area (Å²) in [7, 11) is 0. The van der Waals surface area contributed by atoms with E-state index in [2.05, 4.69) is 10.5 Å². The van der Waals surface area contributed by atoms with Gasteiger partial charge < -0.3 is 19.5 Å². The zero-order chi connectivity index (χ0) is 14.0. The van der Waals surface area contributed by atoms with Gasteiger partial charge >= 0.3 is 6.09 Å². The van der Waals surface area contributed by atoms with E-state index in [1.165, 1.54) is 0 Å². The van der Waals surface area contributed by atoms with Crippen molar-refractivity contribution in [2.45, 2.75) is 45.9 Å². The van der Waals surface area contributed by atoms with Crippen molar-refractivity contribution in [1.29, 1.82) is 0 Å². The van der Waals surface area contributed by atoms with E-state index in [1.54, 1.807) is 4.90 Å². The van der Waals surface area contributed by atoms with Crippen molar-refractivity contribution >= 4 is 6.09 Å². The molecule has 0 aliphatic carbocycles. The highest BCUT2D eigenvalue weighted by atomic mass is 16.6. The van der Waals surface area contributed by atoms with Crippen LogP contribution in [0, 0.1) is 6.92 Å². The molecule has 19 heavy (non-hydrogen) atoms. The van der Waals surface area contributed by atoms with Gasteiger partial charge in [0.25, 0.3) is 0 Å². The number of nitrogens with one attached hydrogen (secondary N) is 1. The monoisotopic (exact) mass is 267 g/mol. The second-order valence-corrected chi connectivity index (χ2v) is 5.89. The lowest BCUT2D eigenvalue weighted by molar-refractivity contribution is 0.00513. The molecule has 6 heteroatoms. The van der Waals surface area contributed by atoms with Crippen LogP contribution in [0.4, 0.5) is 4.79 Å². The van der Waals surface area contributed by atoms with Gasteiger partial charge in [-0.25, -0.2) is 4.79 Å². The first-order valence-electron chi connectivity index (χ1n) is 6.47. The summed E-state index contributed by atoms with van der Waals surface area (Å²) in [6, 6.07) is 2.20. The number of hydrogen-bond donors (Lipinski definition) is 1. The smallest absolute Gasteiger partial charge is 0.410 e. The van der Waals surface area contributed by atoms with Crippen LogP contribution in [0.1, 0.15) is 32.2 Å². The van der Waals surface area contributed by atoms with Gasteiger partial charge in [0, 0.05) is 31.7 Å². The zero-order valence-corrected chi connectivity index (χ0v) is 11.9. The summed E-state index contributed by atoms with van der Waals surface area (Å²) in [6.07, 6.45) is -0.247. The molecule has 1 amide bonds. The second kappa shape index (κ2) is 5.21. The summed E-state index contributed by atoms with van der Waals surface area (Å²) in [5, 5.41) is 7.23. The highest BCUT2D eigenvalue weighted by Crippen LogP contribution is 2.15. The Morgan fingerprint density at radius 3 is 2.79 bits per heavy atom. The molecule has 1 aromatic rings. The van der Waals surface area contributed by atoms with Crippen molar-refractivity contribution in [3.8, 4) is 0 Å². The van der Waals surface area contributed by atoms with E-state index in [1.807, 2.05) is 33.8 Å². The largest absolute Gasteiger partial charge is 0.444 e. The molecule has 6 nitrogen and oxygen atoms in total. The Kier molecular flexibility index (Phi) is 3.80. The quantitative estimate of drug-likeness (QED) is 0.902. The van der Waals surface area contributed by atoms with Crippen LogP contribution in [-0.4, -0.2) is 40.9 Å². The van der Waals surface area contributed by atoms with Gasteiger partial charge in [-0.2, -0.15) is 0 Å². The molecule has 1 fully saturated rings. The third-order valence-corrected chi connectivity index (χ3v) is 2.78. The number of carbonyl (C=O) groups is 1. The highest BCUT2D eigenvalue weighted by Gasteiger charge is 2.33. The van der Waals surface area contributed by atoms with Crippen molar-refractivity contribution in [3.63, 3.8) is 0 Å². The number of nitrogens with zero attached hydrogens (tertiary/aromatic N) is 2. The molecular formula is C13H21N3O3. The molecule has 0 radical (unpaired) electrons. The molecule has 0 unspecified atom stereocenters. The minimum absolute atomic E-state index is 0.247. The van der Waals surface area contributed by atoms with E-state index in [-0.39, 0.29) is 6.09 Å². The molecule has 0 saturated carbocycles. The lowest BCUT2D eigenvalue weighted by Crippen LogP contribution is -2.60. The first-order valence-corrected chi connectivity index (χ1v) is 6.47. The molecule has 106 valence electrons. The highest BCUT2D eigenvalue weighted by molar-refractivity contribution is 5.69. The van der Waals surface area contributed by atoms with Crippen molar-refractivity contribution in [3.05, 3.63) is 17.5 Å².